The standard InChI is InChI=1S/C5H8Br2O/c1-4(3-6)2-5(7)8/h4H,2-3H2,1H3/t4-/m0/s1. The summed E-state index contributed by atoms with van der Waals surface area (Å²) in [5.41, 5.74) is 0. The lowest BCUT2D eigenvalue weighted by atomic mass is 10.2. The summed E-state index contributed by atoms with van der Waals surface area (Å²) in [5.74, 6) is 0.446. The second kappa shape index (κ2) is 4.50. The van der Waals surface area contributed by atoms with E-state index in [-0.39, 0.29) is 4.69 Å². The fourth-order valence-corrected chi connectivity index (χ4v) is 1.11. The molecule has 0 saturated carbocycles. The zero-order chi connectivity index (χ0) is 6.57. The first-order chi connectivity index (χ1) is 3.66. The van der Waals surface area contributed by atoms with Gasteiger partial charge in [0.1, 0.15) is 0 Å². The zero-order valence-corrected chi connectivity index (χ0v) is 7.83. The van der Waals surface area contributed by atoms with Crippen LogP contribution in [0.15, 0.2) is 0 Å². The SMILES string of the molecule is C[C@H](CBr)CC(=O)Br. The van der Waals surface area contributed by atoms with Crippen LogP contribution in [0.2, 0.25) is 0 Å². The third-order valence-electron chi connectivity index (χ3n) is 0.772. The van der Waals surface area contributed by atoms with Gasteiger partial charge in [-0.1, -0.05) is 22.9 Å². The normalized spacial score (nSPS) is 13.4. The lowest BCUT2D eigenvalue weighted by molar-refractivity contribution is -0.110. The Morgan fingerprint density at radius 2 is 2.25 bits per heavy atom. The summed E-state index contributed by atoms with van der Waals surface area (Å²) in [6.07, 6.45) is 0.616. The molecule has 0 aromatic heterocycles. The molecule has 0 saturated heterocycles. The van der Waals surface area contributed by atoms with Crippen molar-refractivity contribution in [3.05, 3.63) is 0 Å². The highest BCUT2D eigenvalue weighted by Crippen LogP contribution is 2.07. The molecular formula is C5H8Br2O. The number of carbonyl (C=O) groups excluding carboxylic acids is 1. The van der Waals surface area contributed by atoms with Gasteiger partial charge in [0.2, 0.25) is 0 Å². The van der Waals surface area contributed by atoms with Crippen LogP contribution >= 0.6 is 31.9 Å². The van der Waals surface area contributed by atoms with Crippen LogP contribution in [0.1, 0.15) is 13.3 Å². The summed E-state index contributed by atoms with van der Waals surface area (Å²) in [5, 5.41) is 0.893. The molecule has 1 atom stereocenters. The Balaban J connectivity index is 3.24. The topological polar surface area (TPSA) is 17.1 Å². The smallest absolute Gasteiger partial charge is 0.198 e. The van der Waals surface area contributed by atoms with Crippen molar-refractivity contribution in [1.82, 2.24) is 0 Å². The molecule has 0 aliphatic carbocycles. The highest BCUT2D eigenvalue weighted by atomic mass is 79.9. The highest BCUT2D eigenvalue weighted by Gasteiger charge is 2.02. The van der Waals surface area contributed by atoms with Gasteiger partial charge in [0.25, 0.3) is 0 Å². The van der Waals surface area contributed by atoms with E-state index >= 15 is 0 Å². The maximum atomic E-state index is 10.3. The number of alkyl halides is 1. The van der Waals surface area contributed by atoms with Crippen molar-refractivity contribution in [2.24, 2.45) is 5.92 Å². The summed E-state index contributed by atoms with van der Waals surface area (Å²) >= 11 is 6.13. The van der Waals surface area contributed by atoms with Crippen LogP contribution in [0.3, 0.4) is 0 Å². The number of carbonyl (C=O) groups is 1. The fraction of sp³-hybridized carbons (Fsp3) is 0.800. The van der Waals surface area contributed by atoms with Crippen LogP contribution in [0.4, 0.5) is 0 Å². The monoisotopic (exact) mass is 242 g/mol. The quantitative estimate of drug-likeness (QED) is 0.550. The zero-order valence-electron chi connectivity index (χ0n) is 4.66. The lowest BCUT2D eigenvalue weighted by Crippen LogP contribution is -1.99. The Kier molecular flexibility index (Phi) is 4.86. The minimum Gasteiger partial charge on any atom is -0.287 e. The first-order valence-corrected chi connectivity index (χ1v) is 4.32. The van der Waals surface area contributed by atoms with Gasteiger partial charge in [-0.3, -0.25) is 4.79 Å². The molecule has 0 unspecified atom stereocenters. The van der Waals surface area contributed by atoms with Crippen molar-refractivity contribution in [2.75, 3.05) is 5.33 Å². The number of rotatable bonds is 3. The minimum absolute atomic E-state index is 0.0875. The number of hydrogen-bond donors (Lipinski definition) is 0. The van der Waals surface area contributed by atoms with Crippen LogP contribution in [0.5, 0.6) is 0 Å². The molecule has 0 radical (unpaired) electrons. The average Bonchev–Trinajstić information content (AvgIpc) is 1.65. The molecule has 0 amide bonds. The molecule has 48 valence electrons. The van der Waals surface area contributed by atoms with Gasteiger partial charge in [0, 0.05) is 11.8 Å². The van der Waals surface area contributed by atoms with Crippen LogP contribution < -0.4 is 0 Å². The van der Waals surface area contributed by atoms with Gasteiger partial charge in [-0.25, -0.2) is 0 Å². The van der Waals surface area contributed by atoms with E-state index in [4.69, 9.17) is 0 Å². The van der Waals surface area contributed by atoms with Crippen LogP contribution in [-0.2, 0) is 4.79 Å². The average molecular weight is 244 g/mol. The molecule has 0 aliphatic rings. The first-order valence-electron chi connectivity index (χ1n) is 2.41. The predicted octanol–water partition coefficient (Wildman–Crippen LogP) is 2.33. The lowest BCUT2D eigenvalue weighted by Gasteiger charge is -1.99. The molecule has 0 fully saturated rings. The molecule has 0 spiro atoms. The van der Waals surface area contributed by atoms with E-state index in [1.165, 1.54) is 0 Å². The van der Waals surface area contributed by atoms with Gasteiger partial charge in [0.05, 0.1) is 0 Å². The molecule has 0 heterocycles. The van der Waals surface area contributed by atoms with Gasteiger partial charge in [-0.05, 0) is 21.8 Å². The summed E-state index contributed by atoms with van der Waals surface area (Å²) in [4.78, 5) is 10.3. The fourth-order valence-electron chi connectivity index (χ4n) is 0.329. The van der Waals surface area contributed by atoms with Crippen molar-refractivity contribution in [2.45, 2.75) is 13.3 Å². The third-order valence-corrected chi connectivity index (χ3v) is 2.20. The van der Waals surface area contributed by atoms with Gasteiger partial charge in [-0.2, -0.15) is 0 Å². The molecule has 1 nitrogen and oxygen atoms in total. The third kappa shape index (κ3) is 4.78. The van der Waals surface area contributed by atoms with E-state index in [1.54, 1.807) is 0 Å². The Labute approximate surface area is 66.1 Å². The molecule has 8 heavy (non-hydrogen) atoms. The molecule has 0 aliphatic heterocycles. The van der Waals surface area contributed by atoms with E-state index in [1.807, 2.05) is 6.92 Å². The predicted molar refractivity (Wildman–Crippen MR) is 41.5 cm³/mol. The Morgan fingerprint density at radius 3 is 2.38 bits per heavy atom. The molecule has 0 aromatic rings. The first kappa shape index (κ1) is 8.63. The molecular weight excluding hydrogens is 236 g/mol. The Bertz CT molecular complexity index is 82.5. The van der Waals surface area contributed by atoms with Crippen LogP contribution in [-0.4, -0.2) is 10.0 Å². The Morgan fingerprint density at radius 1 is 1.75 bits per heavy atom. The summed E-state index contributed by atoms with van der Waals surface area (Å²) < 4.78 is 0.0875. The van der Waals surface area contributed by atoms with E-state index in [0.717, 1.165) is 5.33 Å². The Hall–Kier alpha value is 0.630. The summed E-state index contributed by atoms with van der Waals surface area (Å²) in [6.45, 7) is 2.02. The van der Waals surface area contributed by atoms with Gasteiger partial charge in [0.15, 0.2) is 4.69 Å². The number of hydrogen-bond acceptors (Lipinski definition) is 1. The van der Waals surface area contributed by atoms with E-state index in [9.17, 15) is 4.79 Å². The molecule has 3 heteroatoms. The molecule has 0 N–H and O–H groups in total. The maximum Gasteiger partial charge on any atom is 0.198 e. The second-order valence-corrected chi connectivity index (χ2v) is 3.35. The molecule has 0 bridgehead atoms. The second-order valence-electron chi connectivity index (χ2n) is 1.82. The number of halogens is 2. The van der Waals surface area contributed by atoms with Crippen molar-refractivity contribution < 1.29 is 4.79 Å². The van der Waals surface area contributed by atoms with Gasteiger partial charge in [-0.15, -0.1) is 0 Å². The van der Waals surface area contributed by atoms with Crippen LogP contribution in [0.25, 0.3) is 0 Å². The summed E-state index contributed by atoms with van der Waals surface area (Å²) in [7, 11) is 0. The molecule has 0 aromatic carbocycles. The molecule has 0 rings (SSSR count). The van der Waals surface area contributed by atoms with E-state index < -0.39 is 0 Å². The van der Waals surface area contributed by atoms with Crippen molar-refractivity contribution in [3.63, 3.8) is 0 Å². The van der Waals surface area contributed by atoms with Gasteiger partial charge >= 0.3 is 0 Å². The van der Waals surface area contributed by atoms with Gasteiger partial charge < -0.3 is 0 Å². The maximum absolute atomic E-state index is 10.3. The van der Waals surface area contributed by atoms with E-state index in [2.05, 4.69) is 31.9 Å². The van der Waals surface area contributed by atoms with Crippen molar-refractivity contribution >= 4 is 36.6 Å². The van der Waals surface area contributed by atoms with Crippen molar-refractivity contribution in [3.8, 4) is 0 Å². The highest BCUT2D eigenvalue weighted by molar-refractivity contribution is 9.18. The minimum atomic E-state index is 0.0875. The van der Waals surface area contributed by atoms with Crippen molar-refractivity contribution in [1.29, 1.82) is 0 Å². The summed E-state index contributed by atoms with van der Waals surface area (Å²) in [6, 6.07) is 0. The van der Waals surface area contributed by atoms with Crippen LogP contribution in [0, 0.1) is 5.92 Å². The van der Waals surface area contributed by atoms with E-state index in [0.29, 0.717) is 12.3 Å². The largest absolute Gasteiger partial charge is 0.287 e.